The van der Waals surface area contributed by atoms with Crippen LogP contribution < -0.4 is 25.2 Å². The van der Waals surface area contributed by atoms with Crippen LogP contribution in [0.3, 0.4) is 0 Å². The Morgan fingerprint density at radius 3 is 2.34 bits per heavy atom. The predicted molar refractivity (Wildman–Crippen MR) is 134 cm³/mol. The van der Waals surface area contributed by atoms with E-state index in [4.69, 9.17) is 21.9 Å². The van der Waals surface area contributed by atoms with Gasteiger partial charge in [-0.1, -0.05) is 30.3 Å². The van der Waals surface area contributed by atoms with E-state index >= 15 is 0 Å². The Hall–Kier alpha value is -3.39. The highest BCUT2D eigenvalue weighted by atomic mass is 32.1. The zero-order valence-corrected chi connectivity index (χ0v) is 19.2. The number of nitrogens with zero attached hydrogens (tertiary/aromatic N) is 4. The molecule has 1 aliphatic heterocycles. The molecule has 8 heteroatoms. The largest absolute Gasteiger partial charge is 0.497 e. The number of nitrogens with one attached hydrogen (secondary N) is 2. The summed E-state index contributed by atoms with van der Waals surface area (Å²) in [5.41, 5.74) is 3.28. The molecule has 1 fully saturated rings. The molecule has 0 unspecified atom stereocenters. The maximum absolute atomic E-state index is 5.45. The minimum atomic E-state index is 0.492. The Morgan fingerprint density at radius 1 is 0.969 bits per heavy atom. The minimum absolute atomic E-state index is 0.492. The number of benzene rings is 2. The number of piperazine rings is 1. The fraction of sp³-hybridized carbons (Fsp3) is 0.292. The van der Waals surface area contributed by atoms with E-state index in [1.54, 1.807) is 7.11 Å². The van der Waals surface area contributed by atoms with E-state index < -0.39 is 0 Å². The third-order valence-corrected chi connectivity index (χ3v) is 5.65. The number of hydrogen-bond donors (Lipinski definition) is 2. The molecule has 1 aromatic heterocycles. The van der Waals surface area contributed by atoms with Crippen LogP contribution in [0.15, 0.2) is 60.7 Å². The average molecular weight is 449 g/mol. The van der Waals surface area contributed by atoms with Crippen LogP contribution in [0.5, 0.6) is 5.75 Å². The molecule has 0 aliphatic carbocycles. The van der Waals surface area contributed by atoms with Crippen molar-refractivity contribution in [3.63, 3.8) is 0 Å². The Bertz CT molecular complexity index is 1040. The van der Waals surface area contributed by atoms with Gasteiger partial charge in [-0.05, 0) is 49.0 Å². The maximum atomic E-state index is 5.45. The van der Waals surface area contributed by atoms with Gasteiger partial charge in [-0.3, -0.25) is 0 Å². The van der Waals surface area contributed by atoms with Gasteiger partial charge in [0.2, 0.25) is 5.95 Å². The second-order valence-corrected chi connectivity index (χ2v) is 8.06. The minimum Gasteiger partial charge on any atom is -0.497 e. The Labute approximate surface area is 194 Å². The number of anilines is 3. The van der Waals surface area contributed by atoms with Crippen LogP contribution in [0.25, 0.3) is 0 Å². The summed E-state index contributed by atoms with van der Waals surface area (Å²) in [6, 6.07) is 20.4. The molecule has 0 amide bonds. The van der Waals surface area contributed by atoms with Crippen LogP contribution in [0, 0.1) is 6.92 Å². The van der Waals surface area contributed by atoms with E-state index in [1.165, 1.54) is 5.69 Å². The van der Waals surface area contributed by atoms with E-state index in [2.05, 4.69) is 49.7 Å². The van der Waals surface area contributed by atoms with Crippen LogP contribution in [0.1, 0.15) is 11.3 Å². The molecule has 4 rings (SSSR count). The Morgan fingerprint density at radius 2 is 1.66 bits per heavy atom. The second-order valence-electron chi connectivity index (χ2n) is 7.66. The molecular formula is C24H28N6OS. The van der Waals surface area contributed by atoms with Crippen LogP contribution in [0.4, 0.5) is 17.5 Å². The SMILES string of the molecule is COc1ccc(CNC(=S)Nc2nc(C)cc(N3CCN(c4ccccc4)CC3)n2)cc1. The van der Waals surface area contributed by atoms with Gasteiger partial charge >= 0.3 is 0 Å². The van der Waals surface area contributed by atoms with E-state index in [9.17, 15) is 0 Å². The summed E-state index contributed by atoms with van der Waals surface area (Å²) >= 11 is 5.45. The summed E-state index contributed by atoms with van der Waals surface area (Å²) in [7, 11) is 1.66. The average Bonchev–Trinajstić information content (AvgIpc) is 2.83. The first-order chi connectivity index (χ1) is 15.6. The molecular weight excluding hydrogens is 420 g/mol. The van der Waals surface area contributed by atoms with Crippen LogP contribution in [-0.4, -0.2) is 48.4 Å². The molecule has 3 aromatic rings. The van der Waals surface area contributed by atoms with Crippen molar-refractivity contribution in [3.8, 4) is 5.75 Å². The number of thiocarbonyl (C=S) groups is 1. The number of para-hydroxylation sites is 1. The molecule has 166 valence electrons. The molecule has 0 radical (unpaired) electrons. The molecule has 2 heterocycles. The second kappa shape index (κ2) is 10.3. The highest BCUT2D eigenvalue weighted by Gasteiger charge is 2.19. The molecule has 0 bridgehead atoms. The molecule has 2 aromatic carbocycles. The van der Waals surface area contributed by atoms with Crippen LogP contribution in [-0.2, 0) is 6.54 Å². The van der Waals surface area contributed by atoms with Gasteiger partial charge in [0, 0.05) is 50.2 Å². The van der Waals surface area contributed by atoms with Crippen LogP contribution >= 0.6 is 12.2 Å². The highest BCUT2D eigenvalue weighted by molar-refractivity contribution is 7.80. The van der Waals surface area contributed by atoms with Gasteiger partial charge in [-0.2, -0.15) is 4.98 Å². The van der Waals surface area contributed by atoms with Crippen molar-refractivity contribution in [2.24, 2.45) is 0 Å². The van der Waals surface area contributed by atoms with Crippen molar-refractivity contribution in [2.45, 2.75) is 13.5 Å². The summed E-state index contributed by atoms with van der Waals surface area (Å²) < 4.78 is 5.19. The van der Waals surface area contributed by atoms with Crippen molar-refractivity contribution < 1.29 is 4.74 Å². The quantitative estimate of drug-likeness (QED) is 0.555. The third-order valence-electron chi connectivity index (χ3n) is 5.40. The lowest BCUT2D eigenvalue weighted by atomic mass is 10.2. The van der Waals surface area contributed by atoms with Crippen molar-refractivity contribution in [1.82, 2.24) is 15.3 Å². The predicted octanol–water partition coefficient (Wildman–Crippen LogP) is 3.61. The first-order valence-electron chi connectivity index (χ1n) is 10.7. The molecule has 1 saturated heterocycles. The molecule has 2 N–H and O–H groups in total. The number of hydrogen-bond acceptors (Lipinski definition) is 6. The van der Waals surface area contributed by atoms with E-state index in [-0.39, 0.29) is 0 Å². The zero-order valence-electron chi connectivity index (χ0n) is 18.4. The lowest BCUT2D eigenvalue weighted by Crippen LogP contribution is -2.47. The molecule has 32 heavy (non-hydrogen) atoms. The first kappa shape index (κ1) is 21.8. The van der Waals surface area contributed by atoms with Gasteiger partial charge in [0.25, 0.3) is 0 Å². The first-order valence-corrected chi connectivity index (χ1v) is 11.1. The molecule has 0 spiro atoms. The normalized spacial score (nSPS) is 13.6. The van der Waals surface area contributed by atoms with Gasteiger partial charge in [0.05, 0.1) is 7.11 Å². The monoisotopic (exact) mass is 448 g/mol. The summed E-state index contributed by atoms with van der Waals surface area (Å²) in [5.74, 6) is 2.27. The number of ether oxygens (including phenoxy) is 1. The third kappa shape index (κ3) is 5.64. The Kier molecular flexibility index (Phi) is 7.01. The lowest BCUT2D eigenvalue weighted by molar-refractivity contribution is 0.414. The zero-order chi connectivity index (χ0) is 22.3. The number of aryl methyl sites for hydroxylation is 1. The molecule has 0 atom stereocenters. The summed E-state index contributed by atoms with van der Waals surface area (Å²) in [6.07, 6.45) is 0. The fourth-order valence-corrected chi connectivity index (χ4v) is 3.84. The Balaban J connectivity index is 1.33. The van der Waals surface area contributed by atoms with Crippen molar-refractivity contribution in [2.75, 3.05) is 48.4 Å². The summed E-state index contributed by atoms with van der Waals surface area (Å²) in [6.45, 7) is 6.31. The topological polar surface area (TPSA) is 65.6 Å². The standard InChI is InChI=1S/C24H28N6OS/c1-18-16-22(30-14-12-29(13-15-30)20-6-4-3-5-7-20)27-23(26-18)28-24(32)25-17-19-8-10-21(31-2)11-9-19/h3-11,16H,12-15,17H2,1-2H3,(H2,25,26,27,28,32). The van der Waals surface area contributed by atoms with Crippen molar-refractivity contribution in [1.29, 1.82) is 0 Å². The summed E-state index contributed by atoms with van der Waals surface area (Å²) in [5, 5.41) is 6.82. The molecule has 0 saturated carbocycles. The van der Waals surface area contributed by atoms with Crippen molar-refractivity contribution >= 4 is 34.8 Å². The maximum Gasteiger partial charge on any atom is 0.231 e. The van der Waals surface area contributed by atoms with Crippen molar-refractivity contribution in [3.05, 3.63) is 71.9 Å². The van der Waals surface area contributed by atoms with Gasteiger partial charge in [0.15, 0.2) is 5.11 Å². The van der Waals surface area contributed by atoms with Crippen LogP contribution in [0.2, 0.25) is 0 Å². The van der Waals surface area contributed by atoms with Gasteiger partial charge < -0.3 is 25.2 Å². The molecule has 1 aliphatic rings. The van der Waals surface area contributed by atoms with E-state index in [0.29, 0.717) is 17.6 Å². The van der Waals surface area contributed by atoms with E-state index in [1.807, 2.05) is 43.3 Å². The van der Waals surface area contributed by atoms with Gasteiger partial charge in [-0.15, -0.1) is 0 Å². The van der Waals surface area contributed by atoms with Gasteiger partial charge in [0.1, 0.15) is 11.6 Å². The van der Waals surface area contributed by atoms with E-state index in [0.717, 1.165) is 49.0 Å². The highest BCUT2D eigenvalue weighted by Crippen LogP contribution is 2.20. The lowest BCUT2D eigenvalue weighted by Gasteiger charge is -2.36. The molecule has 7 nitrogen and oxygen atoms in total. The number of methoxy groups -OCH3 is 1. The van der Waals surface area contributed by atoms with Gasteiger partial charge in [-0.25, -0.2) is 4.98 Å². The smallest absolute Gasteiger partial charge is 0.231 e. The number of rotatable bonds is 6. The summed E-state index contributed by atoms with van der Waals surface area (Å²) in [4.78, 5) is 13.9. The fourth-order valence-electron chi connectivity index (χ4n) is 3.67. The number of aromatic nitrogens is 2.